The number of hydrogen-bond acceptors (Lipinski definition) is 4. The van der Waals surface area contributed by atoms with Crippen molar-refractivity contribution in [2.24, 2.45) is 0 Å². The highest BCUT2D eigenvalue weighted by molar-refractivity contribution is 5.86. The molecule has 1 rings (SSSR count). The summed E-state index contributed by atoms with van der Waals surface area (Å²) in [6.45, 7) is 2.54. The van der Waals surface area contributed by atoms with E-state index in [4.69, 9.17) is 4.74 Å². The van der Waals surface area contributed by atoms with Gasteiger partial charge in [0, 0.05) is 31.1 Å². The van der Waals surface area contributed by atoms with Gasteiger partial charge in [0.25, 0.3) is 0 Å². The van der Waals surface area contributed by atoms with Gasteiger partial charge in [0.15, 0.2) is 18.9 Å². The average Bonchev–Trinajstić information content (AvgIpc) is 2.41. The number of carbonyl (C=O) groups is 2. The number of esters is 2. The second-order valence-electron chi connectivity index (χ2n) is 3.93. The summed E-state index contributed by atoms with van der Waals surface area (Å²) in [5, 5.41) is 0. The lowest BCUT2D eigenvalue weighted by atomic mass is 10.2. The number of rotatable bonds is 6. The largest absolute Gasteiger partial charge is 1.00 e. The molecule has 110 valence electrons. The number of aryl methyl sites for hydroxylation is 1. The molecule has 0 bridgehead atoms. The molecule has 0 fully saturated rings. The summed E-state index contributed by atoms with van der Waals surface area (Å²) in [7, 11) is 1.34. The Morgan fingerprint density at radius 3 is 2.80 bits per heavy atom. The molecule has 0 aliphatic rings. The van der Waals surface area contributed by atoms with E-state index in [9.17, 15) is 9.59 Å². The molecule has 5 nitrogen and oxygen atoms in total. The fraction of sp³-hybridized carbons (Fsp3) is 0.357. The third-order valence-corrected chi connectivity index (χ3v) is 2.36. The molecule has 1 aromatic rings. The quantitative estimate of drug-likeness (QED) is 0.262. The van der Waals surface area contributed by atoms with Gasteiger partial charge in [-0.2, -0.15) is 0 Å². The molecule has 0 spiro atoms. The van der Waals surface area contributed by atoms with Crippen LogP contribution in [0.15, 0.2) is 30.6 Å². The van der Waals surface area contributed by atoms with Crippen LogP contribution < -0.4 is 21.5 Å². The minimum absolute atomic E-state index is 0. The average molecular weight is 344 g/mol. The van der Waals surface area contributed by atoms with Crippen LogP contribution in [0, 0.1) is 0 Å². The van der Waals surface area contributed by atoms with E-state index in [-0.39, 0.29) is 28.9 Å². The Balaban J connectivity index is 0.00000361. The first kappa shape index (κ1) is 18.3. The smallest absolute Gasteiger partial charge is 0.330 e. The lowest BCUT2D eigenvalue weighted by Crippen LogP contribution is -3.00. The fourth-order valence-electron chi connectivity index (χ4n) is 1.48. The van der Waals surface area contributed by atoms with Crippen LogP contribution in [0.5, 0.6) is 0 Å². The lowest BCUT2D eigenvalue weighted by Gasteiger charge is -2.00. The van der Waals surface area contributed by atoms with E-state index in [1.165, 1.54) is 20.1 Å². The number of aromatic nitrogens is 1. The molecule has 0 atom stereocenters. The second kappa shape index (κ2) is 10.1. The molecule has 0 saturated carbocycles. The van der Waals surface area contributed by atoms with E-state index < -0.39 is 0 Å². The van der Waals surface area contributed by atoms with Crippen molar-refractivity contribution in [2.75, 3.05) is 13.7 Å². The molecule has 0 amide bonds. The predicted molar refractivity (Wildman–Crippen MR) is 68.9 cm³/mol. The van der Waals surface area contributed by atoms with Crippen molar-refractivity contribution >= 4 is 18.0 Å². The Kier molecular flexibility index (Phi) is 9.28. The van der Waals surface area contributed by atoms with Crippen molar-refractivity contribution in [3.8, 4) is 0 Å². The Labute approximate surface area is 129 Å². The van der Waals surface area contributed by atoms with Crippen LogP contribution in [0.4, 0.5) is 0 Å². The zero-order chi connectivity index (χ0) is 14.1. The van der Waals surface area contributed by atoms with Crippen LogP contribution in [0.3, 0.4) is 0 Å². The molecule has 1 aromatic heterocycles. The minimum atomic E-state index is -0.384. The molecule has 0 aliphatic heterocycles. The number of nitrogens with zero attached hydrogens (tertiary/aromatic N) is 1. The van der Waals surface area contributed by atoms with Crippen LogP contribution in [-0.2, 0) is 25.6 Å². The van der Waals surface area contributed by atoms with Crippen molar-refractivity contribution in [1.29, 1.82) is 0 Å². The monoisotopic (exact) mass is 343 g/mol. The van der Waals surface area contributed by atoms with Gasteiger partial charge in [0.1, 0.15) is 0 Å². The number of methoxy groups -OCH3 is 1. The van der Waals surface area contributed by atoms with Crippen molar-refractivity contribution in [3.05, 3.63) is 36.2 Å². The van der Waals surface area contributed by atoms with E-state index in [1.807, 2.05) is 29.1 Å². The summed E-state index contributed by atoms with van der Waals surface area (Å²) in [6, 6.07) is 3.78. The van der Waals surface area contributed by atoms with E-state index >= 15 is 0 Å². The van der Waals surface area contributed by atoms with Gasteiger partial charge in [0.2, 0.25) is 0 Å². The van der Waals surface area contributed by atoms with E-state index in [0.717, 1.165) is 18.5 Å². The van der Waals surface area contributed by atoms with Crippen LogP contribution in [0.2, 0.25) is 0 Å². The lowest BCUT2D eigenvalue weighted by molar-refractivity contribution is -0.697. The fourth-order valence-corrected chi connectivity index (χ4v) is 1.48. The van der Waals surface area contributed by atoms with Crippen molar-refractivity contribution in [2.45, 2.75) is 19.9 Å². The normalized spacial score (nSPS) is 9.90. The highest BCUT2D eigenvalue weighted by Crippen LogP contribution is 1.98. The molecule has 0 unspecified atom stereocenters. The van der Waals surface area contributed by atoms with Gasteiger partial charge in [-0.25, -0.2) is 9.36 Å². The standard InChI is InChI=1S/C14H18NO4.BrH/c1-12(16)19-10-4-9-15-8-3-5-13(11-15)6-7-14(17)18-2;/h3,5-8,11H,4,9-10H2,1-2H3;1H/q+1;/p-1/b7-6+;. The molecule has 20 heavy (non-hydrogen) atoms. The van der Waals surface area contributed by atoms with Crippen molar-refractivity contribution < 1.29 is 40.6 Å². The zero-order valence-corrected chi connectivity index (χ0v) is 13.1. The summed E-state index contributed by atoms with van der Waals surface area (Å²) in [6.07, 6.45) is 7.64. The van der Waals surface area contributed by atoms with Gasteiger partial charge in [0.05, 0.1) is 13.7 Å². The first-order chi connectivity index (χ1) is 9.11. The Morgan fingerprint density at radius 1 is 1.40 bits per heavy atom. The van der Waals surface area contributed by atoms with Gasteiger partial charge in [-0.3, -0.25) is 4.79 Å². The summed E-state index contributed by atoms with van der Waals surface area (Å²) < 4.78 is 11.4. The highest BCUT2D eigenvalue weighted by Gasteiger charge is 2.02. The topological polar surface area (TPSA) is 56.5 Å². The number of ether oxygens (including phenoxy) is 2. The summed E-state index contributed by atoms with van der Waals surface area (Å²) in [5.41, 5.74) is 0.903. The van der Waals surface area contributed by atoms with Crippen LogP contribution in [0.1, 0.15) is 18.9 Å². The molecule has 0 aromatic carbocycles. The van der Waals surface area contributed by atoms with E-state index in [2.05, 4.69) is 4.74 Å². The molecular weight excluding hydrogens is 326 g/mol. The number of pyridine rings is 1. The zero-order valence-electron chi connectivity index (χ0n) is 11.5. The Morgan fingerprint density at radius 2 is 2.15 bits per heavy atom. The molecule has 0 radical (unpaired) electrons. The molecule has 0 saturated heterocycles. The maximum absolute atomic E-state index is 11.0. The third kappa shape index (κ3) is 7.68. The number of hydrogen-bond donors (Lipinski definition) is 0. The molecular formula is C14H18BrNO4. The maximum Gasteiger partial charge on any atom is 0.330 e. The summed E-state index contributed by atoms with van der Waals surface area (Å²) in [5.74, 6) is -0.648. The van der Waals surface area contributed by atoms with Gasteiger partial charge in [-0.05, 0) is 12.1 Å². The summed E-state index contributed by atoms with van der Waals surface area (Å²) in [4.78, 5) is 21.6. The molecule has 1 heterocycles. The van der Waals surface area contributed by atoms with Crippen LogP contribution in [0.25, 0.3) is 6.08 Å². The maximum atomic E-state index is 11.0. The van der Waals surface area contributed by atoms with Gasteiger partial charge < -0.3 is 26.5 Å². The second-order valence-corrected chi connectivity index (χ2v) is 3.93. The molecule has 0 aliphatic carbocycles. The highest BCUT2D eigenvalue weighted by atomic mass is 79.9. The third-order valence-electron chi connectivity index (χ3n) is 2.36. The predicted octanol–water partition coefficient (Wildman–Crippen LogP) is -1.88. The van der Waals surface area contributed by atoms with E-state index in [1.54, 1.807) is 6.08 Å². The minimum Gasteiger partial charge on any atom is -1.00 e. The first-order valence-corrected chi connectivity index (χ1v) is 6.00. The van der Waals surface area contributed by atoms with Gasteiger partial charge in [-0.1, -0.05) is 0 Å². The van der Waals surface area contributed by atoms with Gasteiger partial charge in [-0.15, -0.1) is 0 Å². The van der Waals surface area contributed by atoms with Crippen molar-refractivity contribution in [1.82, 2.24) is 0 Å². The number of carbonyl (C=O) groups excluding carboxylic acids is 2. The first-order valence-electron chi connectivity index (χ1n) is 6.00. The molecule has 0 N–H and O–H groups in total. The van der Waals surface area contributed by atoms with Gasteiger partial charge >= 0.3 is 11.9 Å². The van der Waals surface area contributed by atoms with Crippen LogP contribution in [-0.4, -0.2) is 25.7 Å². The molecule has 6 heteroatoms. The summed E-state index contributed by atoms with van der Waals surface area (Å²) >= 11 is 0. The van der Waals surface area contributed by atoms with Crippen molar-refractivity contribution in [3.63, 3.8) is 0 Å². The Bertz CT molecular complexity index is 474. The number of halogens is 1. The Hall–Kier alpha value is -1.69. The van der Waals surface area contributed by atoms with E-state index in [0.29, 0.717) is 6.61 Å². The SMILES string of the molecule is COC(=O)/C=C/c1ccc[n+](CCCOC(C)=O)c1.[Br-]. The van der Waals surface area contributed by atoms with Crippen LogP contribution >= 0.6 is 0 Å².